The zero-order valence-corrected chi connectivity index (χ0v) is 20.2. The molecule has 0 saturated carbocycles. The monoisotopic (exact) mass is 496 g/mol. The Balaban J connectivity index is 0.00000158. The van der Waals surface area contributed by atoms with E-state index in [0.29, 0.717) is 39.6 Å². The van der Waals surface area contributed by atoms with E-state index in [1.807, 2.05) is 5.38 Å². The maximum Gasteiger partial charge on any atom is 0.268 e. The van der Waals surface area contributed by atoms with E-state index in [1.54, 1.807) is 29.8 Å². The molecule has 4 rings (SSSR count). The molecule has 0 atom stereocenters. The van der Waals surface area contributed by atoms with Gasteiger partial charge in [-0.15, -0.1) is 22.7 Å². The molecule has 7 N–H and O–H groups in total. The Labute approximate surface area is 203 Å². The van der Waals surface area contributed by atoms with Gasteiger partial charge >= 0.3 is 0 Å². The summed E-state index contributed by atoms with van der Waals surface area (Å²) in [6.45, 7) is 0.201. The maximum atomic E-state index is 13.0. The van der Waals surface area contributed by atoms with Gasteiger partial charge in [0.05, 0.1) is 10.4 Å². The molecule has 3 heterocycles. The first-order valence-corrected chi connectivity index (χ1v) is 11.8. The third-order valence-electron chi connectivity index (χ3n) is 4.98. The van der Waals surface area contributed by atoms with E-state index in [9.17, 15) is 9.59 Å². The van der Waals surface area contributed by atoms with Crippen molar-refractivity contribution in [2.45, 2.75) is 13.0 Å². The molecule has 176 valence electrons. The Morgan fingerprint density at radius 3 is 2.59 bits per heavy atom. The van der Waals surface area contributed by atoms with E-state index in [1.165, 1.54) is 35.9 Å². The Hall–Kier alpha value is -3.74. The molecular formula is C22H24N8O2S2. The molecule has 1 amide bonds. The average Bonchev–Trinajstić information content (AvgIpc) is 3.54. The number of rotatable bonds is 8. The van der Waals surface area contributed by atoms with E-state index in [4.69, 9.17) is 16.6 Å². The van der Waals surface area contributed by atoms with Crippen molar-refractivity contribution in [3.05, 3.63) is 61.7 Å². The summed E-state index contributed by atoms with van der Waals surface area (Å²) in [7, 11) is 3.24. The number of aryl methyl sites for hydroxylation is 1. The van der Waals surface area contributed by atoms with Gasteiger partial charge in [0.15, 0.2) is 16.9 Å². The van der Waals surface area contributed by atoms with Crippen LogP contribution in [0.2, 0.25) is 0 Å². The molecule has 0 aliphatic carbocycles. The number of hydrogen-bond acceptors (Lipinski definition) is 10. The fraction of sp³-hybridized carbons (Fsp3) is 0.182. The number of aromatic nitrogens is 3. The van der Waals surface area contributed by atoms with Gasteiger partial charge in [-0.1, -0.05) is 12.1 Å². The standard InChI is InChI=1S/C21H19N7O2S2.CH5N/c1-28-18(21(30)25-8-11-3-2-4-15(24)13(11)6-22)14(7-23)19-20(28)27-16(32-19)5-12-10-31-17(9-29)26-12;1-2/h2-4,6-7,9-10,22-23H,5,8,24H2,1H3,(H,25,30);2H2,1H3. The number of nitrogens with one attached hydrogen (secondary N) is 3. The quantitative estimate of drug-likeness (QED) is 0.142. The number of nitrogens with two attached hydrogens (primary N) is 2. The Morgan fingerprint density at radius 2 is 1.94 bits per heavy atom. The third kappa shape index (κ3) is 4.78. The Kier molecular flexibility index (Phi) is 7.99. The second-order valence-corrected chi connectivity index (χ2v) is 8.92. The first-order chi connectivity index (χ1) is 16.5. The average molecular weight is 497 g/mol. The molecule has 0 saturated heterocycles. The lowest BCUT2D eigenvalue weighted by Crippen LogP contribution is -2.26. The highest BCUT2D eigenvalue weighted by molar-refractivity contribution is 7.19. The van der Waals surface area contributed by atoms with Crippen LogP contribution >= 0.6 is 22.7 Å². The molecule has 0 radical (unpaired) electrons. The molecule has 3 aromatic heterocycles. The lowest BCUT2D eigenvalue weighted by atomic mass is 10.1. The van der Waals surface area contributed by atoms with Gasteiger partial charge < -0.3 is 32.2 Å². The fourth-order valence-corrected chi connectivity index (χ4v) is 5.22. The molecular weight excluding hydrogens is 472 g/mol. The predicted molar refractivity (Wildman–Crippen MR) is 137 cm³/mol. The van der Waals surface area contributed by atoms with Gasteiger partial charge in [-0.2, -0.15) is 0 Å². The van der Waals surface area contributed by atoms with Crippen molar-refractivity contribution in [1.82, 2.24) is 19.9 Å². The third-order valence-corrected chi connectivity index (χ3v) is 6.88. The minimum atomic E-state index is -0.341. The van der Waals surface area contributed by atoms with Crippen LogP contribution in [0.4, 0.5) is 5.69 Å². The highest BCUT2D eigenvalue weighted by Crippen LogP contribution is 2.31. The number of anilines is 1. The number of nitrogens with zero attached hydrogens (tertiary/aromatic N) is 3. The van der Waals surface area contributed by atoms with Gasteiger partial charge in [0.25, 0.3) is 5.91 Å². The smallest absolute Gasteiger partial charge is 0.268 e. The minimum Gasteiger partial charge on any atom is -0.398 e. The lowest BCUT2D eigenvalue weighted by Gasteiger charge is -2.11. The number of amides is 1. The second-order valence-electron chi connectivity index (χ2n) is 6.94. The van der Waals surface area contributed by atoms with Crippen LogP contribution in [0.3, 0.4) is 0 Å². The first-order valence-electron chi connectivity index (χ1n) is 10.1. The summed E-state index contributed by atoms with van der Waals surface area (Å²) < 4.78 is 2.43. The van der Waals surface area contributed by atoms with Gasteiger partial charge in [0, 0.05) is 54.6 Å². The van der Waals surface area contributed by atoms with Crippen LogP contribution < -0.4 is 16.8 Å². The summed E-state index contributed by atoms with van der Waals surface area (Å²) in [5.74, 6) is -0.341. The maximum absolute atomic E-state index is 13.0. The van der Waals surface area contributed by atoms with Gasteiger partial charge in [0.1, 0.15) is 10.7 Å². The van der Waals surface area contributed by atoms with Crippen LogP contribution in [0.5, 0.6) is 0 Å². The summed E-state index contributed by atoms with van der Waals surface area (Å²) in [4.78, 5) is 32.7. The van der Waals surface area contributed by atoms with Crippen LogP contribution in [0.1, 0.15) is 47.7 Å². The van der Waals surface area contributed by atoms with Crippen molar-refractivity contribution in [1.29, 1.82) is 10.8 Å². The summed E-state index contributed by atoms with van der Waals surface area (Å²) in [6.07, 6.45) is 3.53. The van der Waals surface area contributed by atoms with Gasteiger partial charge in [0.2, 0.25) is 0 Å². The minimum absolute atomic E-state index is 0.201. The molecule has 0 bridgehead atoms. The molecule has 4 aromatic rings. The van der Waals surface area contributed by atoms with Crippen molar-refractivity contribution in [3.63, 3.8) is 0 Å². The molecule has 0 aliphatic heterocycles. The number of aldehydes is 1. The number of fused-ring (bicyclic) bond motifs is 1. The number of nitrogen functional groups attached to an aromatic ring is 1. The lowest BCUT2D eigenvalue weighted by molar-refractivity contribution is 0.0942. The van der Waals surface area contributed by atoms with Gasteiger partial charge in [-0.05, 0) is 18.7 Å². The van der Waals surface area contributed by atoms with Crippen LogP contribution in [0, 0.1) is 10.8 Å². The van der Waals surface area contributed by atoms with Crippen LogP contribution in [0.15, 0.2) is 23.6 Å². The number of benzene rings is 1. The molecule has 0 fully saturated rings. The molecule has 10 nitrogen and oxygen atoms in total. The fourth-order valence-electron chi connectivity index (χ4n) is 3.47. The van der Waals surface area contributed by atoms with Crippen LogP contribution in [-0.2, 0) is 20.0 Å². The Bertz CT molecular complexity index is 1370. The predicted octanol–water partition coefficient (Wildman–Crippen LogP) is 2.58. The normalized spacial score (nSPS) is 10.4. The summed E-state index contributed by atoms with van der Waals surface area (Å²) in [5.41, 5.74) is 14.4. The van der Waals surface area contributed by atoms with Crippen LogP contribution in [0.25, 0.3) is 10.3 Å². The van der Waals surface area contributed by atoms with Crippen molar-refractivity contribution in [2.24, 2.45) is 12.8 Å². The van der Waals surface area contributed by atoms with Crippen molar-refractivity contribution in [2.75, 3.05) is 12.8 Å². The number of thiazole rings is 2. The molecule has 0 spiro atoms. The van der Waals surface area contributed by atoms with Crippen molar-refractivity contribution in [3.8, 4) is 0 Å². The highest BCUT2D eigenvalue weighted by atomic mass is 32.1. The summed E-state index contributed by atoms with van der Waals surface area (Å²) >= 11 is 2.69. The van der Waals surface area contributed by atoms with E-state index >= 15 is 0 Å². The van der Waals surface area contributed by atoms with E-state index in [2.05, 4.69) is 21.0 Å². The Morgan fingerprint density at radius 1 is 1.21 bits per heavy atom. The van der Waals surface area contributed by atoms with Crippen molar-refractivity contribution >= 4 is 63.3 Å². The second kappa shape index (κ2) is 10.9. The number of carbonyl (C=O) groups excluding carboxylic acids is 2. The van der Waals surface area contributed by atoms with E-state index in [-0.39, 0.29) is 12.5 Å². The molecule has 1 aromatic carbocycles. The van der Waals surface area contributed by atoms with Gasteiger partial charge in [-0.25, -0.2) is 9.97 Å². The summed E-state index contributed by atoms with van der Waals surface area (Å²) in [6, 6.07) is 5.29. The molecule has 34 heavy (non-hydrogen) atoms. The SMILES string of the molecule is CN.Cn1c(C(=O)NCc2cccc(N)c2C=N)c(C=N)c2sc(Cc3csc(C=O)n3)nc21. The molecule has 12 heteroatoms. The summed E-state index contributed by atoms with van der Waals surface area (Å²) in [5, 5.41) is 21.3. The van der Waals surface area contributed by atoms with E-state index in [0.717, 1.165) is 33.5 Å². The van der Waals surface area contributed by atoms with Gasteiger partial charge in [-0.3, -0.25) is 9.59 Å². The molecule has 0 aliphatic rings. The van der Waals surface area contributed by atoms with Crippen molar-refractivity contribution < 1.29 is 9.59 Å². The molecule has 0 unspecified atom stereocenters. The number of carbonyl (C=O) groups is 2. The highest BCUT2D eigenvalue weighted by Gasteiger charge is 2.23. The zero-order valence-electron chi connectivity index (χ0n) is 18.6. The zero-order chi connectivity index (χ0) is 24.8. The number of hydrogen-bond donors (Lipinski definition) is 5. The first kappa shape index (κ1) is 24.9. The van der Waals surface area contributed by atoms with Crippen LogP contribution in [-0.4, -0.2) is 46.2 Å². The van der Waals surface area contributed by atoms with E-state index < -0.39 is 0 Å². The largest absolute Gasteiger partial charge is 0.398 e. The topological polar surface area (TPSA) is 177 Å².